The Balaban J connectivity index is 2.37. The van der Waals surface area contributed by atoms with Gasteiger partial charge in [-0.15, -0.1) is 11.3 Å². The molecule has 0 spiro atoms. The second-order valence-electron chi connectivity index (χ2n) is 3.79. The lowest BCUT2D eigenvalue weighted by Gasteiger charge is -2.04. The van der Waals surface area contributed by atoms with Crippen LogP contribution in [0.15, 0.2) is 17.5 Å². The maximum absolute atomic E-state index is 13.8. The lowest BCUT2D eigenvalue weighted by molar-refractivity contribution is -0.387. The van der Waals surface area contributed by atoms with E-state index in [1.807, 2.05) is 0 Å². The van der Waals surface area contributed by atoms with Crippen molar-refractivity contribution in [3.63, 3.8) is 0 Å². The minimum atomic E-state index is -1.39. The molecule has 0 saturated heterocycles. The smallest absolute Gasteiger partial charge is 0.298 e. The predicted molar refractivity (Wildman–Crippen MR) is 67.8 cm³/mol. The first-order valence-electron chi connectivity index (χ1n) is 5.25. The van der Waals surface area contributed by atoms with Crippen molar-refractivity contribution in [3.05, 3.63) is 50.5 Å². The monoisotopic (exact) mass is 299 g/mol. The van der Waals surface area contributed by atoms with Crippen molar-refractivity contribution in [2.75, 3.05) is 5.32 Å². The van der Waals surface area contributed by atoms with Crippen molar-refractivity contribution in [2.24, 2.45) is 0 Å². The van der Waals surface area contributed by atoms with E-state index < -0.39 is 33.7 Å². The third-order valence-electron chi connectivity index (χ3n) is 2.30. The number of hydrogen-bond acceptors (Lipinski definition) is 5. The Morgan fingerprint density at radius 1 is 1.45 bits per heavy atom. The van der Waals surface area contributed by atoms with Crippen molar-refractivity contribution >= 4 is 28.1 Å². The van der Waals surface area contributed by atoms with E-state index in [0.717, 1.165) is 11.3 Å². The zero-order valence-corrected chi connectivity index (χ0v) is 10.8. The molecule has 1 amide bonds. The highest BCUT2D eigenvalue weighted by molar-refractivity contribution is 7.13. The van der Waals surface area contributed by atoms with Gasteiger partial charge < -0.3 is 0 Å². The van der Waals surface area contributed by atoms with Crippen molar-refractivity contribution in [2.45, 2.75) is 6.92 Å². The summed E-state index contributed by atoms with van der Waals surface area (Å²) in [6, 6.07) is 1.01. The largest absolute Gasteiger partial charge is 0.308 e. The van der Waals surface area contributed by atoms with Gasteiger partial charge in [-0.05, 0) is 13.0 Å². The molecule has 1 N–H and O–H groups in total. The van der Waals surface area contributed by atoms with Crippen LogP contribution in [0.2, 0.25) is 0 Å². The number of carbonyl (C=O) groups excluding carboxylic acids is 1. The van der Waals surface area contributed by atoms with Crippen LogP contribution in [0.3, 0.4) is 0 Å². The van der Waals surface area contributed by atoms with Crippen molar-refractivity contribution < 1.29 is 18.5 Å². The highest BCUT2D eigenvalue weighted by Crippen LogP contribution is 2.24. The summed E-state index contributed by atoms with van der Waals surface area (Å²) in [6.45, 7) is 1.69. The molecule has 0 aliphatic heterocycles. The zero-order valence-electron chi connectivity index (χ0n) is 10.0. The molecule has 0 fully saturated rings. The van der Waals surface area contributed by atoms with Gasteiger partial charge >= 0.3 is 5.69 Å². The lowest BCUT2D eigenvalue weighted by Crippen LogP contribution is -2.15. The van der Waals surface area contributed by atoms with Crippen LogP contribution >= 0.6 is 11.3 Å². The lowest BCUT2D eigenvalue weighted by atomic mass is 10.1. The average Bonchev–Trinajstić information content (AvgIpc) is 2.76. The van der Waals surface area contributed by atoms with Crippen LogP contribution in [0.5, 0.6) is 0 Å². The molecule has 104 valence electrons. The van der Waals surface area contributed by atoms with E-state index in [2.05, 4.69) is 10.3 Å². The highest BCUT2D eigenvalue weighted by atomic mass is 32.1. The molecule has 0 atom stereocenters. The fraction of sp³-hybridized carbons (Fsp3) is 0.0909. The van der Waals surface area contributed by atoms with Gasteiger partial charge in [0.15, 0.2) is 5.13 Å². The van der Waals surface area contributed by atoms with Crippen LogP contribution in [-0.2, 0) is 0 Å². The fourth-order valence-electron chi connectivity index (χ4n) is 1.45. The molecule has 0 saturated carbocycles. The first-order valence-corrected chi connectivity index (χ1v) is 6.13. The number of thiazole rings is 1. The quantitative estimate of drug-likeness (QED) is 0.697. The van der Waals surface area contributed by atoms with Crippen molar-refractivity contribution in [1.82, 2.24) is 4.98 Å². The van der Waals surface area contributed by atoms with Crippen LogP contribution in [0.4, 0.5) is 19.6 Å². The van der Waals surface area contributed by atoms with Crippen LogP contribution in [0, 0.1) is 28.7 Å². The van der Waals surface area contributed by atoms with E-state index in [1.165, 1.54) is 0 Å². The highest BCUT2D eigenvalue weighted by Gasteiger charge is 2.24. The molecule has 9 heteroatoms. The maximum Gasteiger partial charge on any atom is 0.308 e. The summed E-state index contributed by atoms with van der Waals surface area (Å²) in [4.78, 5) is 25.2. The normalized spacial score (nSPS) is 10.3. The molecular weight excluding hydrogens is 292 g/mol. The SMILES string of the molecule is Cc1csc(NC(=O)c2cc(F)cc([N+](=O)[O-])c2F)n1. The van der Waals surface area contributed by atoms with Crippen LogP contribution < -0.4 is 5.32 Å². The molecule has 0 aliphatic carbocycles. The average molecular weight is 299 g/mol. The Morgan fingerprint density at radius 3 is 2.70 bits per heavy atom. The second kappa shape index (κ2) is 5.29. The van der Waals surface area contributed by atoms with E-state index in [9.17, 15) is 23.7 Å². The third-order valence-corrected chi connectivity index (χ3v) is 3.17. The number of amides is 1. The van der Waals surface area contributed by atoms with Gasteiger partial charge in [0.05, 0.1) is 22.2 Å². The van der Waals surface area contributed by atoms with Crippen LogP contribution in [0.1, 0.15) is 16.1 Å². The number of benzene rings is 1. The summed E-state index contributed by atoms with van der Waals surface area (Å²) in [5.74, 6) is -3.46. The van der Waals surface area contributed by atoms with Gasteiger partial charge in [0.2, 0.25) is 5.82 Å². The number of aromatic nitrogens is 1. The van der Waals surface area contributed by atoms with Gasteiger partial charge in [0, 0.05) is 5.38 Å². The summed E-state index contributed by atoms with van der Waals surface area (Å²) in [5.41, 5.74) is -1.19. The summed E-state index contributed by atoms with van der Waals surface area (Å²) in [5, 5.41) is 14.7. The standard InChI is InChI=1S/C11H7F2N3O3S/c1-5-4-20-11(14-5)15-10(17)7-2-6(12)3-8(9(7)13)16(18)19/h2-4H,1H3,(H,14,15,17). The number of hydrogen-bond donors (Lipinski definition) is 1. The molecule has 6 nitrogen and oxygen atoms in total. The van der Waals surface area contributed by atoms with Gasteiger partial charge in [-0.1, -0.05) is 0 Å². The number of halogens is 2. The molecule has 0 aliphatic rings. The molecule has 2 aromatic rings. The minimum Gasteiger partial charge on any atom is -0.298 e. The number of carbonyl (C=O) groups is 1. The first-order chi connectivity index (χ1) is 9.38. The van der Waals surface area contributed by atoms with E-state index in [0.29, 0.717) is 17.8 Å². The molecule has 0 unspecified atom stereocenters. The predicted octanol–water partition coefficient (Wildman–Crippen LogP) is 2.89. The zero-order chi connectivity index (χ0) is 14.9. The van der Waals surface area contributed by atoms with Crippen molar-refractivity contribution in [3.8, 4) is 0 Å². The Kier molecular flexibility index (Phi) is 3.70. The molecule has 0 bridgehead atoms. The molecule has 1 heterocycles. The number of nitro benzene ring substituents is 1. The van der Waals surface area contributed by atoms with Gasteiger partial charge in [0.1, 0.15) is 5.82 Å². The number of anilines is 1. The maximum atomic E-state index is 13.8. The Morgan fingerprint density at radius 2 is 2.15 bits per heavy atom. The topological polar surface area (TPSA) is 85.1 Å². The van der Waals surface area contributed by atoms with Crippen LogP contribution in [-0.4, -0.2) is 15.8 Å². The first kappa shape index (κ1) is 14.0. The van der Waals surface area contributed by atoms with E-state index >= 15 is 0 Å². The molecule has 0 radical (unpaired) electrons. The van der Waals surface area contributed by atoms with Gasteiger partial charge in [0.25, 0.3) is 5.91 Å². The Labute approximate surface area is 115 Å². The molecule has 20 heavy (non-hydrogen) atoms. The van der Waals surface area contributed by atoms with Crippen LogP contribution in [0.25, 0.3) is 0 Å². The summed E-state index contributed by atoms with van der Waals surface area (Å²) in [7, 11) is 0. The number of aryl methyl sites for hydroxylation is 1. The Bertz CT molecular complexity index is 702. The molecule has 1 aromatic heterocycles. The molecule has 1 aromatic carbocycles. The minimum absolute atomic E-state index is 0.193. The number of rotatable bonds is 3. The molecule has 2 rings (SSSR count). The fourth-order valence-corrected chi connectivity index (χ4v) is 2.13. The van der Waals surface area contributed by atoms with Gasteiger partial charge in [-0.25, -0.2) is 9.37 Å². The number of nitrogens with one attached hydrogen (secondary N) is 1. The van der Waals surface area contributed by atoms with E-state index in [1.54, 1.807) is 12.3 Å². The number of nitro groups is 1. The number of nitrogens with zero attached hydrogens (tertiary/aromatic N) is 2. The summed E-state index contributed by atoms with van der Waals surface area (Å²) < 4.78 is 27.0. The van der Waals surface area contributed by atoms with Gasteiger partial charge in [-0.2, -0.15) is 4.39 Å². The van der Waals surface area contributed by atoms with Crippen molar-refractivity contribution in [1.29, 1.82) is 0 Å². The van der Waals surface area contributed by atoms with Gasteiger partial charge in [-0.3, -0.25) is 20.2 Å². The van der Waals surface area contributed by atoms with E-state index in [-0.39, 0.29) is 5.13 Å². The summed E-state index contributed by atoms with van der Waals surface area (Å²) >= 11 is 1.10. The second-order valence-corrected chi connectivity index (χ2v) is 4.65. The molecular formula is C11H7F2N3O3S. The van der Waals surface area contributed by atoms with E-state index in [4.69, 9.17) is 0 Å². The third kappa shape index (κ3) is 2.77. The summed E-state index contributed by atoms with van der Waals surface area (Å²) in [6.07, 6.45) is 0. The Hall–Kier alpha value is -2.42.